The molecule has 0 unspecified atom stereocenters. The lowest BCUT2D eigenvalue weighted by Crippen LogP contribution is -2.44. The van der Waals surface area contributed by atoms with Gasteiger partial charge in [-0.1, -0.05) is 81.8 Å². The third kappa shape index (κ3) is 13.8. The minimum absolute atomic E-state index is 0.0878. The van der Waals surface area contributed by atoms with Crippen LogP contribution in [0.1, 0.15) is 105 Å². The first-order valence-electron chi connectivity index (χ1n) is 16.8. The maximum Gasteiger partial charge on any atom is 0.271 e. The highest BCUT2D eigenvalue weighted by atomic mass is 35.5. The van der Waals surface area contributed by atoms with Gasteiger partial charge in [-0.3, -0.25) is 4.79 Å². The topological polar surface area (TPSA) is 74.6 Å². The van der Waals surface area contributed by atoms with E-state index >= 15 is 0 Å². The number of amides is 1. The number of ether oxygens (including phenoxy) is 2. The zero-order valence-corrected chi connectivity index (χ0v) is 28.5. The van der Waals surface area contributed by atoms with E-state index in [4.69, 9.17) is 26.3 Å². The van der Waals surface area contributed by atoms with Crippen molar-refractivity contribution in [3.8, 4) is 11.5 Å². The lowest BCUT2D eigenvalue weighted by atomic mass is 10.1. The summed E-state index contributed by atoms with van der Waals surface area (Å²) in [7, 11) is 0. The quantitative estimate of drug-likeness (QED) is 0.0816. The van der Waals surface area contributed by atoms with E-state index in [0.717, 1.165) is 56.7 Å². The molecule has 0 saturated carbocycles. The number of hydrogen-bond donors (Lipinski definition) is 1. The molecule has 1 heterocycles. The van der Waals surface area contributed by atoms with Gasteiger partial charge in [0, 0.05) is 44.0 Å². The molecule has 1 amide bonds. The minimum Gasteiger partial charge on any atom is -0.490 e. The summed E-state index contributed by atoms with van der Waals surface area (Å²) in [5, 5.41) is 13.0. The third-order valence-electron chi connectivity index (χ3n) is 7.57. The smallest absolute Gasteiger partial charge is 0.271 e. The van der Waals surface area contributed by atoms with Crippen molar-refractivity contribution >= 4 is 28.9 Å². The Morgan fingerprint density at radius 2 is 1.59 bits per heavy atom. The van der Waals surface area contributed by atoms with Gasteiger partial charge in [0.25, 0.3) is 5.91 Å². The van der Waals surface area contributed by atoms with Gasteiger partial charge in [0.1, 0.15) is 23.3 Å². The number of halogens is 1. The van der Waals surface area contributed by atoms with Crippen molar-refractivity contribution < 1.29 is 19.5 Å². The van der Waals surface area contributed by atoms with Crippen LogP contribution in [0.3, 0.4) is 0 Å². The van der Waals surface area contributed by atoms with Gasteiger partial charge < -0.3 is 24.5 Å². The molecule has 8 heteroatoms. The monoisotopic (exact) mass is 629 g/mol. The second-order valence-electron chi connectivity index (χ2n) is 11.7. The molecule has 1 fully saturated rings. The highest BCUT2D eigenvalue weighted by Crippen LogP contribution is 2.29. The largest absolute Gasteiger partial charge is 0.490 e. The lowest BCUT2D eigenvalue weighted by Gasteiger charge is -2.32. The van der Waals surface area contributed by atoms with E-state index in [-0.39, 0.29) is 23.8 Å². The molecule has 246 valence electrons. The molecule has 1 saturated heterocycles. The Morgan fingerprint density at radius 1 is 0.932 bits per heavy atom. The second kappa shape index (κ2) is 21.7. The molecular weight excluding hydrogens is 574 g/mol. The summed E-state index contributed by atoms with van der Waals surface area (Å²) in [6.07, 6.45) is 11.7. The number of para-hydroxylation sites is 2. The van der Waals surface area contributed by atoms with Crippen LogP contribution in [-0.4, -0.2) is 60.1 Å². The Morgan fingerprint density at radius 3 is 2.20 bits per heavy atom. The predicted octanol–water partition coefficient (Wildman–Crippen LogP) is 9.39. The van der Waals surface area contributed by atoms with Crippen molar-refractivity contribution in [3.63, 3.8) is 0 Å². The molecule has 0 radical (unpaired) electrons. The Bertz CT molecular complexity index is 1090. The molecule has 7 nitrogen and oxygen atoms in total. The van der Waals surface area contributed by atoms with Crippen molar-refractivity contribution in [2.75, 3.05) is 31.1 Å². The maximum absolute atomic E-state index is 12.4. The van der Waals surface area contributed by atoms with Crippen LogP contribution < -0.4 is 14.4 Å². The van der Waals surface area contributed by atoms with E-state index in [1.54, 1.807) is 17.0 Å². The van der Waals surface area contributed by atoms with Crippen LogP contribution >= 0.6 is 11.6 Å². The fourth-order valence-corrected chi connectivity index (χ4v) is 5.36. The first-order chi connectivity index (χ1) is 21.3. The average Bonchev–Trinajstić information content (AvgIpc) is 3.02. The highest BCUT2D eigenvalue weighted by molar-refractivity contribution is 6.38. The summed E-state index contributed by atoms with van der Waals surface area (Å²) < 4.78 is 11.9. The third-order valence-corrected chi connectivity index (χ3v) is 7.83. The molecule has 1 aliphatic rings. The number of carbonyl (C=O) groups is 1. The molecule has 44 heavy (non-hydrogen) atoms. The number of nitrogens with zero attached hydrogens (tertiary/aromatic N) is 3. The molecule has 1 N–H and O–H groups in total. The Labute approximate surface area is 271 Å². The number of carbonyl (C=O) groups excluding carboxylic acids is 1. The van der Waals surface area contributed by atoms with Gasteiger partial charge in [-0.2, -0.15) is 0 Å². The number of unbranched alkanes of at least 4 members (excludes halogenated alkanes) is 5. The van der Waals surface area contributed by atoms with Gasteiger partial charge in [-0.05, 0) is 75.9 Å². The first-order valence-corrected chi connectivity index (χ1v) is 17.1. The van der Waals surface area contributed by atoms with Crippen LogP contribution in [0.2, 0.25) is 5.02 Å². The number of likely N-dealkylation sites (tertiary alicyclic amines) is 1. The van der Waals surface area contributed by atoms with E-state index in [1.165, 1.54) is 37.8 Å². The SMILES string of the molecule is CCCCC/C(=N\O)C(=O)N1CCC(Oc2ccc(Cl)cc2)CC1.CCCCCCN(CCC)c1ccccc1OC(C)C. The summed E-state index contributed by atoms with van der Waals surface area (Å²) in [4.78, 5) is 16.6. The Balaban J connectivity index is 0.000000312. The fraction of sp³-hybridized carbons (Fsp3) is 0.611. The molecule has 0 atom stereocenters. The zero-order chi connectivity index (χ0) is 32.2. The highest BCUT2D eigenvalue weighted by Gasteiger charge is 2.26. The van der Waals surface area contributed by atoms with Crippen LogP contribution in [-0.2, 0) is 4.79 Å². The standard InChI is InChI=1S/C18H25ClN2O3.C18H31NO/c1-2-3-4-5-17(20-23)18(22)21-12-10-16(11-13-21)24-15-8-6-14(19)7-9-15;1-5-7-8-11-15-19(14-6-2)17-12-9-10-13-18(17)20-16(3)4/h6-9,16,23H,2-5,10-13H2,1H3;9-10,12-13,16H,5-8,11,14-15H2,1-4H3/b20-17+;. The molecule has 2 aromatic rings. The normalized spacial score (nSPS) is 13.8. The van der Waals surface area contributed by atoms with Crippen LogP contribution in [0.5, 0.6) is 11.5 Å². The predicted molar refractivity (Wildman–Crippen MR) is 184 cm³/mol. The van der Waals surface area contributed by atoms with Gasteiger partial charge in [0.2, 0.25) is 0 Å². The number of oxime groups is 1. The molecule has 1 aliphatic heterocycles. The van der Waals surface area contributed by atoms with E-state index in [0.29, 0.717) is 24.5 Å². The summed E-state index contributed by atoms with van der Waals surface area (Å²) in [6.45, 7) is 14.2. The molecule has 0 bridgehead atoms. The number of rotatable bonds is 17. The van der Waals surface area contributed by atoms with Gasteiger partial charge in [-0.25, -0.2) is 0 Å². The Kier molecular flexibility index (Phi) is 18.4. The molecule has 0 aromatic heterocycles. The van der Waals surface area contributed by atoms with Crippen molar-refractivity contribution in [1.29, 1.82) is 0 Å². The number of piperidine rings is 1. The first kappa shape index (κ1) is 37.3. The van der Waals surface area contributed by atoms with Crippen LogP contribution in [0.25, 0.3) is 0 Å². The number of hydrogen-bond acceptors (Lipinski definition) is 6. The summed E-state index contributed by atoms with van der Waals surface area (Å²) in [6, 6.07) is 15.7. The molecular formula is C36H56ClN3O4. The van der Waals surface area contributed by atoms with Crippen molar-refractivity contribution in [2.45, 2.75) is 117 Å². The summed E-state index contributed by atoms with van der Waals surface area (Å²) >= 11 is 5.87. The lowest BCUT2D eigenvalue weighted by molar-refractivity contribution is -0.126. The average molecular weight is 630 g/mol. The van der Waals surface area contributed by atoms with Gasteiger partial charge >= 0.3 is 0 Å². The van der Waals surface area contributed by atoms with E-state index in [1.807, 2.05) is 12.1 Å². The molecule has 0 aliphatic carbocycles. The van der Waals surface area contributed by atoms with E-state index < -0.39 is 0 Å². The fourth-order valence-electron chi connectivity index (χ4n) is 5.23. The maximum atomic E-state index is 12.4. The summed E-state index contributed by atoms with van der Waals surface area (Å²) in [5.41, 5.74) is 1.51. The molecule has 3 rings (SSSR count). The van der Waals surface area contributed by atoms with Gasteiger partial charge in [0.15, 0.2) is 0 Å². The van der Waals surface area contributed by atoms with Crippen LogP contribution in [0.4, 0.5) is 5.69 Å². The Hall–Kier alpha value is -2.93. The summed E-state index contributed by atoms with van der Waals surface area (Å²) in [5.74, 6) is 1.66. The molecule has 0 spiro atoms. The van der Waals surface area contributed by atoms with Gasteiger partial charge in [0.05, 0.1) is 11.8 Å². The van der Waals surface area contributed by atoms with Crippen molar-refractivity contribution in [1.82, 2.24) is 4.90 Å². The van der Waals surface area contributed by atoms with Crippen molar-refractivity contribution in [2.24, 2.45) is 5.16 Å². The molecule has 2 aromatic carbocycles. The van der Waals surface area contributed by atoms with Gasteiger partial charge in [-0.15, -0.1) is 0 Å². The number of anilines is 1. The zero-order valence-electron chi connectivity index (χ0n) is 27.8. The van der Waals surface area contributed by atoms with Crippen molar-refractivity contribution in [3.05, 3.63) is 53.6 Å². The van der Waals surface area contributed by atoms with E-state index in [9.17, 15) is 4.79 Å². The van der Waals surface area contributed by atoms with Crippen LogP contribution in [0.15, 0.2) is 53.7 Å². The van der Waals surface area contributed by atoms with Crippen LogP contribution in [0, 0.1) is 0 Å². The number of benzene rings is 2. The minimum atomic E-state index is -0.154. The second-order valence-corrected chi connectivity index (χ2v) is 12.2. The van der Waals surface area contributed by atoms with E-state index in [2.05, 4.69) is 68.9 Å².